The fourth-order valence-electron chi connectivity index (χ4n) is 1.41. The van der Waals surface area contributed by atoms with Crippen LogP contribution in [0.3, 0.4) is 0 Å². The molecule has 0 spiro atoms. The van der Waals surface area contributed by atoms with E-state index >= 15 is 0 Å². The molecule has 0 unspecified atom stereocenters. The Morgan fingerprint density at radius 3 is 3.12 bits per heavy atom. The van der Waals surface area contributed by atoms with Crippen LogP contribution >= 0.6 is 15.9 Å². The average Bonchev–Trinajstić information content (AvgIpc) is 2.67. The number of methoxy groups -OCH3 is 1. The van der Waals surface area contributed by atoms with Gasteiger partial charge in [-0.1, -0.05) is 15.9 Å². The van der Waals surface area contributed by atoms with Gasteiger partial charge in [-0.2, -0.15) is 0 Å². The van der Waals surface area contributed by atoms with Gasteiger partial charge in [0.1, 0.15) is 13.2 Å². The first kappa shape index (κ1) is 11.4. The minimum atomic E-state index is 0.426. The molecule has 0 radical (unpaired) electrons. The van der Waals surface area contributed by atoms with Gasteiger partial charge in [-0.25, -0.2) is 0 Å². The Hall–Kier alpha value is -1.07. The second-order valence-corrected chi connectivity index (χ2v) is 4.23. The van der Waals surface area contributed by atoms with Crippen LogP contribution < -0.4 is 0 Å². The van der Waals surface area contributed by atoms with E-state index in [1.54, 1.807) is 7.11 Å². The van der Waals surface area contributed by atoms with Crippen molar-refractivity contribution in [1.29, 1.82) is 0 Å². The zero-order valence-corrected chi connectivity index (χ0v) is 10.5. The van der Waals surface area contributed by atoms with Crippen LogP contribution in [0, 0.1) is 0 Å². The molecule has 4 nitrogen and oxygen atoms in total. The molecule has 0 saturated heterocycles. The largest absolute Gasteiger partial charge is 0.470 e. The maximum absolute atomic E-state index is 5.42. The van der Waals surface area contributed by atoms with Crippen molar-refractivity contribution in [3.8, 4) is 0 Å². The molecule has 0 N–H and O–H groups in total. The standard InChI is InChI=1S/C11H12BrNO3/c1-14-4-5-16-13-11-10-3-2-9(12)6-8(10)7-15-11/h2-3,6H,4-5,7H2,1H3/b13-11-. The Bertz CT molecular complexity index is 406. The lowest BCUT2D eigenvalue weighted by Gasteiger charge is -2.00. The van der Waals surface area contributed by atoms with E-state index in [0.717, 1.165) is 15.6 Å². The van der Waals surface area contributed by atoms with Crippen molar-refractivity contribution in [2.24, 2.45) is 5.16 Å². The predicted molar refractivity (Wildman–Crippen MR) is 63.3 cm³/mol. The van der Waals surface area contributed by atoms with Crippen molar-refractivity contribution < 1.29 is 14.3 Å². The summed E-state index contributed by atoms with van der Waals surface area (Å²) in [5, 5.41) is 3.93. The van der Waals surface area contributed by atoms with Gasteiger partial charge in [0, 0.05) is 22.7 Å². The van der Waals surface area contributed by atoms with Crippen molar-refractivity contribution in [3.63, 3.8) is 0 Å². The highest BCUT2D eigenvalue weighted by Crippen LogP contribution is 2.24. The molecule has 16 heavy (non-hydrogen) atoms. The molecule has 1 aromatic carbocycles. The lowest BCUT2D eigenvalue weighted by molar-refractivity contribution is 0.0706. The highest BCUT2D eigenvalue weighted by molar-refractivity contribution is 9.10. The Balaban J connectivity index is 2.05. The number of hydrogen-bond acceptors (Lipinski definition) is 4. The number of ether oxygens (including phenoxy) is 2. The summed E-state index contributed by atoms with van der Waals surface area (Å²) >= 11 is 3.41. The summed E-state index contributed by atoms with van der Waals surface area (Å²) in [6, 6.07) is 5.94. The number of oxime groups is 1. The van der Waals surface area contributed by atoms with Crippen molar-refractivity contribution >= 4 is 21.8 Å². The molecule has 0 aromatic heterocycles. The normalized spacial score (nSPS) is 16.0. The van der Waals surface area contributed by atoms with Gasteiger partial charge in [-0.05, 0) is 23.4 Å². The van der Waals surface area contributed by atoms with Crippen LogP contribution in [0.15, 0.2) is 27.8 Å². The lowest BCUT2D eigenvalue weighted by Crippen LogP contribution is -2.02. The zero-order chi connectivity index (χ0) is 11.4. The van der Waals surface area contributed by atoms with Crippen molar-refractivity contribution in [2.75, 3.05) is 20.3 Å². The van der Waals surface area contributed by atoms with E-state index < -0.39 is 0 Å². The Kier molecular flexibility index (Phi) is 3.79. The zero-order valence-electron chi connectivity index (χ0n) is 8.90. The first-order valence-corrected chi connectivity index (χ1v) is 5.71. The van der Waals surface area contributed by atoms with Crippen molar-refractivity contribution in [3.05, 3.63) is 33.8 Å². The summed E-state index contributed by atoms with van der Waals surface area (Å²) < 4.78 is 11.3. The topological polar surface area (TPSA) is 40.0 Å². The van der Waals surface area contributed by atoms with Crippen LogP contribution in [-0.2, 0) is 20.9 Å². The van der Waals surface area contributed by atoms with Crippen LogP contribution in [0.1, 0.15) is 11.1 Å². The molecule has 2 rings (SSSR count). The summed E-state index contributed by atoms with van der Waals surface area (Å²) in [4.78, 5) is 5.07. The molecule has 0 atom stereocenters. The van der Waals surface area contributed by atoms with Crippen LogP contribution in [0.5, 0.6) is 0 Å². The SMILES string of the molecule is COCCO/N=C1\OCc2cc(Br)ccc21. The number of benzene rings is 1. The van der Waals surface area contributed by atoms with E-state index in [9.17, 15) is 0 Å². The molecule has 5 heteroatoms. The summed E-state index contributed by atoms with van der Waals surface area (Å²) in [7, 11) is 1.62. The maximum atomic E-state index is 5.42. The molecule has 1 aliphatic heterocycles. The molecule has 86 valence electrons. The first-order chi connectivity index (χ1) is 7.81. The molecule has 1 aromatic rings. The summed E-state index contributed by atoms with van der Waals surface area (Å²) in [6.07, 6.45) is 0. The highest BCUT2D eigenvalue weighted by atomic mass is 79.9. The minimum absolute atomic E-state index is 0.426. The van der Waals surface area contributed by atoms with E-state index in [1.807, 2.05) is 18.2 Å². The fourth-order valence-corrected chi connectivity index (χ4v) is 1.82. The third kappa shape index (κ3) is 2.54. The smallest absolute Gasteiger partial charge is 0.258 e. The number of halogens is 1. The van der Waals surface area contributed by atoms with Gasteiger partial charge >= 0.3 is 0 Å². The summed E-state index contributed by atoms with van der Waals surface area (Å²) in [5.74, 6) is 0.540. The van der Waals surface area contributed by atoms with E-state index in [1.165, 1.54) is 0 Å². The van der Waals surface area contributed by atoms with Crippen LogP contribution in [-0.4, -0.2) is 26.2 Å². The van der Waals surface area contributed by atoms with Gasteiger partial charge in [-0.3, -0.25) is 0 Å². The molecule has 0 fully saturated rings. The summed E-state index contributed by atoms with van der Waals surface area (Å²) in [6.45, 7) is 1.49. The minimum Gasteiger partial charge on any atom is -0.470 e. The molecular weight excluding hydrogens is 274 g/mol. The number of hydrogen-bond donors (Lipinski definition) is 0. The predicted octanol–water partition coefficient (Wildman–Crippen LogP) is 2.30. The fraction of sp³-hybridized carbons (Fsp3) is 0.364. The van der Waals surface area contributed by atoms with Crippen molar-refractivity contribution in [1.82, 2.24) is 0 Å². The second-order valence-electron chi connectivity index (χ2n) is 3.31. The van der Waals surface area contributed by atoms with Gasteiger partial charge < -0.3 is 14.3 Å². The quantitative estimate of drug-likeness (QED) is 0.630. The summed E-state index contributed by atoms with van der Waals surface area (Å²) in [5.41, 5.74) is 2.10. The van der Waals surface area contributed by atoms with E-state index in [4.69, 9.17) is 14.3 Å². The van der Waals surface area contributed by atoms with Crippen molar-refractivity contribution in [2.45, 2.75) is 6.61 Å². The van der Waals surface area contributed by atoms with Crippen LogP contribution in [0.4, 0.5) is 0 Å². The van der Waals surface area contributed by atoms with Crippen LogP contribution in [0.25, 0.3) is 0 Å². The van der Waals surface area contributed by atoms with Gasteiger partial charge in [0.05, 0.1) is 6.61 Å². The number of fused-ring (bicyclic) bond motifs is 1. The third-order valence-electron chi connectivity index (χ3n) is 2.19. The third-order valence-corrected chi connectivity index (χ3v) is 2.68. The molecule has 0 amide bonds. The first-order valence-electron chi connectivity index (χ1n) is 4.92. The number of rotatable bonds is 4. The Morgan fingerprint density at radius 1 is 1.44 bits per heavy atom. The van der Waals surface area contributed by atoms with Gasteiger partial charge in [-0.15, -0.1) is 0 Å². The average molecular weight is 286 g/mol. The maximum Gasteiger partial charge on any atom is 0.258 e. The lowest BCUT2D eigenvalue weighted by atomic mass is 10.1. The van der Waals surface area contributed by atoms with Gasteiger partial charge in [0.2, 0.25) is 0 Å². The molecular formula is C11H12BrNO3. The second kappa shape index (κ2) is 5.32. The molecule has 0 saturated carbocycles. The van der Waals surface area contributed by atoms with Gasteiger partial charge in [0.15, 0.2) is 0 Å². The molecule has 0 aliphatic carbocycles. The van der Waals surface area contributed by atoms with E-state index in [0.29, 0.717) is 25.7 Å². The van der Waals surface area contributed by atoms with Gasteiger partial charge in [0.25, 0.3) is 5.90 Å². The highest BCUT2D eigenvalue weighted by Gasteiger charge is 2.19. The Labute approximate surface area is 102 Å². The van der Waals surface area contributed by atoms with E-state index in [2.05, 4.69) is 21.1 Å². The molecule has 0 bridgehead atoms. The number of nitrogens with zero attached hydrogens (tertiary/aromatic N) is 1. The van der Waals surface area contributed by atoms with E-state index in [-0.39, 0.29) is 0 Å². The molecule has 1 heterocycles. The monoisotopic (exact) mass is 285 g/mol. The molecule has 1 aliphatic rings. The Morgan fingerprint density at radius 2 is 2.31 bits per heavy atom. The van der Waals surface area contributed by atoms with Crippen LogP contribution in [0.2, 0.25) is 0 Å².